The second kappa shape index (κ2) is 12.0. The third-order valence-corrected chi connectivity index (χ3v) is 5.58. The van der Waals surface area contributed by atoms with Gasteiger partial charge in [-0.2, -0.15) is 31.4 Å². The van der Waals surface area contributed by atoms with E-state index in [0.717, 1.165) is 25.6 Å². The van der Waals surface area contributed by atoms with Gasteiger partial charge >= 0.3 is 24.3 Å². The zero-order valence-electron chi connectivity index (χ0n) is 18.9. The van der Waals surface area contributed by atoms with Crippen LogP contribution in [0.1, 0.15) is 24.8 Å². The third-order valence-electron chi connectivity index (χ3n) is 5.58. The molecule has 200 valence electrons. The number of aromatic nitrogens is 2. The Morgan fingerprint density at radius 3 is 2.09 bits per heavy atom. The lowest BCUT2D eigenvalue weighted by Crippen LogP contribution is -2.49. The highest BCUT2D eigenvalue weighted by molar-refractivity contribution is 5.73. The molecule has 0 bridgehead atoms. The average molecular weight is 518 g/mol. The first-order valence-electron chi connectivity index (χ1n) is 10.8. The van der Waals surface area contributed by atoms with E-state index in [1.807, 2.05) is 17.9 Å². The quantitative estimate of drug-likeness (QED) is 0.573. The van der Waals surface area contributed by atoms with E-state index in [1.54, 1.807) is 0 Å². The predicted molar refractivity (Wildman–Crippen MR) is 108 cm³/mol. The van der Waals surface area contributed by atoms with Crippen molar-refractivity contribution < 1.29 is 50.9 Å². The molecule has 2 aliphatic heterocycles. The fourth-order valence-electron chi connectivity index (χ4n) is 3.69. The lowest BCUT2D eigenvalue weighted by atomic mass is 10.1. The summed E-state index contributed by atoms with van der Waals surface area (Å²) in [6.45, 7) is 6.72. The highest BCUT2D eigenvalue weighted by atomic mass is 19.4. The minimum atomic E-state index is -5.08. The Hall–Kier alpha value is -2.39. The topological polar surface area (TPSA) is 108 Å². The van der Waals surface area contributed by atoms with Crippen LogP contribution in [0.25, 0.3) is 0 Å². The lowest BCUT2D eigenvalue weighted by Gasteiger charge is -2.37. The number of nitrogens with zero attached hydrogens (tertiary/aromatic N) is 4. The number of aliphatic carboxylic acids is 2. The van der Waals surface area contributed by atoms with Crippen molar-refractivity contribution in [2.75, 3.05) is 32.8 Å². The Morgan fingerprint density at radius 2 is 1.63 bits per heavy atom. The first kappa shape index (κ1) is 28.8. The van der Waals surface area contributed by atoms with E-state index in [0.29, 0.717) is 12.1 Å². The maximum absolute atomic E-state index is 10.6. The van der Waals surface area contributed by atoms with Crippen molar-refractivity contribution in [2.24, 2.45) is 13.0 Å². The number of carboxylic acids is 2. The van der Waals surface area contributed by atoms with Crippen LogP contribution >= 0.6 is 0 Å². The van der Waals surface area contributed by atoms with Gasteiger partial charge in [0.25, 0.3) is 0 Å². The van der Waals surface area contributed by atoms with E-state index in [4.69, 9.17) is 24.5 Å². The van der Waals surface area contributed by atoms with Gasteiger partial charge < -0.3 is 14.9 Å². The standard InChI is InChI=1S/C16H26N4O.2C2HF3O2/c1-18-8-14(7-17-18)9-19-4-5-20-11-16(6-15(20)10-19)21-12-13-2-3-13;2*3-2(4,5)1(6)7/h7-8,13,15-16H,2-6,9-12H2,1H3;2*(H,6,7). The van der Waals surface area contributed by atoms with Crippen LogP contribution in [0, 0.1) is 5.92 Å². The molecule has 35 heavy (non-hydrogen) atoms. The van der Waals surface area contributed by atoms with Crippen LogP contribution in [0.4, 0.5) is 26.3 Å². The number of alkyl halides is 6. The van der Waals surface area contributed by atoms with Crippen LogP contribution in [0.2, 0.25) is 0 Å². The van der Waals surface area contributed by atoms with E-state index in [9.17, 15) is 26.3 Å². The van der Waals surface area contributed by atoms with Gasteiger partial charge in [0.2, 0.25) is 0 Å². The summed E-state index contributed by atoms with van der Waals surface area (Å²) in [6.07, 6.45) is -1.58. The Bertz CT molecular complexity index is 819. The molecule has 4 rings (SSSR count). The molecular weight excluding hydrogens is 490 g/mol. The molecule has 1 aromatic heterocycles. The fraction of sp³-hybridized carbons (Fsp3) is 0.750. The van der Waals surface area contributed by atoms with Crippen LogP contribution in [-0.4, -0.2) is 99.0 Å². The molecule has 3 aliphatic rings. The highest BCUT2D eigenvalue weighted by Gasteiger charge is 2.39. The smallest absolute Gasteiger partial charge is 0.475 e. The van der Waals surface area contributed by atoms with Crippen molar-refractivity contribution >= 4 is 11.9 Å². The number of ether oxygens (including phenoxy) is 1. The van der Waals surface area contributed by atoms with E-state index < -0.39 is 24.3 Å². The van der Waals surface area contributed by atoms with Crippen LogP contribution < -0.4 is 0 Å². The predicted octanol–water partition coefficient (Wildman–Crippen LogP) is 2.37. The van der Waals surface area contributed by atoms with Gasteiger partial charge in [-0.15, -0.1) is 0 Å². The zero-order valence-corrected chi connectivity index (χ0v) is 18.9. The summed E-state index contributed by atoms with van der Waals surface area (Å²) < 4.78 is 71.5. The molecule has 2 unspecified atom stereocenters. The Balaban J connectivity index is 0.000000257. The molecule has 15 heteroatoms. The number of aryl methyl sites for hydroxylation is 1. The molecule has 0 radical (unpaired) electrons. The van der Waals surface area contributed by atoms with E-state index in [1.165, 1.54) is 44.5 Å². The van der Waals surface area contributed by atoms with Crippen LogP contribution in [0.15, 0.2) is 12.4 Å². The number of piperazine rings is 1. The number of fused-ring (bicyclic) bond motifs is 1. The van der Waals surface area contributed by atoms with Crippen LogP contribution in [-0.2, 0) is 27.9 Å². The summed E-state index contributed by atoms with van der Waals surface area (Å²) in [6, 6.07) is 0.694. The van der Waals surface area contributed by atoms with Crippen molar-refractivity contribution in [2.45, 2.75) is 50.3 Å². The van der Waals surface area contributed by atoms with Gasteiger partial charge in [-0.1, -0.05) is 0 Å². The minimum absolute atomic E-state index is 0.481. The second-order valence-electron chi connectivity index (χ2n) is 8.65. The van der Waals surface area contributed by atoms with Crippen molar-refractivity contribution in [1.82, 2.24) is 19.6 Å². The molecule has 0 spiro atoms. The maximum atomic E-state index is 10.6. The van der Waals surface area contributed by atoms with Crippen molar-refractivity contribution in [3.8, 4) is 0 Å². The summed E-state index contributed by atoms with van der Waals surface area (Å²) in [5.41, 5.74) is 1.32. The highest BCUT2D eigenvalue weighted by Crippen LogP contribution is 2.31. The van der Waals surface area contributed by atoms with Gasteiger partial charge in [-0.3, -0.25) is 14.5 Å². The number of hydrogen-bond acceptors (Lipinski definition) is 6. The molecule has 2 saturated heterocycles. The van der Waals surface area contributed by atoms with Gasteiger partial charge in [0.05, 0.1) is 12.3 Å². The van der Waals surface area contributed by atoms with Crippen molar-refractivity contribution in [1.29, 1.82) is 0 Å². The van der Waals surface area contributed by atoms with Gasteiger partial charge in [0, 0.05) is 64.2 Å². The Morgan fingerprint density at radius 1 is 1.06 bits per heavy atom. The van der Waals surface area contributed by atoms with Gasteiger partial charge in [-0.05, 0) is 25.2 Å². The van der Waals surface area contributed by atoms with Crippen LogP contribution in [0.3, 0.4) is 0 Å². The minimum Gasteiger partial charge on any atom is -0.475 e. The van der Waals surface area contributed by atoms with Gasteiger partial charge in [0.1, 0.15) is 0 Å². The van der Waals surface area contributed by atoms with Gasteiger partial charge in [0.15, 0.2) is 0 Å². The third kappa shape index (κ3) is 10.4. The largest absolute Gasteiger partial charge is 0.490 e. The number of carbonyl (C=O) groups is 2. The Labute approximate surface area is 197 Å². The van der Waals surface area contributed by atoms with Crippen molar-refractivity contribution in [3.63, 3.8) is 0 Å². The molecule has 1 saturated carbocycles. The number of hydrogen-bond donors (Lipinski definition) is 2. The summed E-state index contributed by atoms with van der Waals surface area (Å²) in [5, 5.41) is 18.5. The fourth-order valence-corrected chi connectivity index (χ4v) is 3.69. The number of rotatable bonds is 5. The summed E-state index contributed by atoms with van der Waals surface area (Å²) in [5.74, 6) is -4.63. The molecule has 0 aromatic carbocycles. The van der Waals surface area contributed by atoms with Crippen molar-refractivity contribution in [3.05, 3.63) is 18.0 Å². The summed E-state index contributed by atoms with van der Waals surface area (Å²) >= 11 is 0. The maximum Gasteiger partial charge on any atom is 0.490 e. The van der Waals surface area contributed by atoms with E-state index >= 15 is 0 Å². The molecule has 3 fully saturated rings. The zero-order chi connectivity index (χ0) is 26.4. The molecule has 9 nitrogen and oxygen atoms in total. The monoisotopic (exact) mass is 518 g/mol. The van der Waals surface area contributed by atoms with Gasteiger partial charge in [-0.25, -0.2) is 9.59 Å². The Kier molecular flexibility index (Phi) is 9.92. The van der Waals surface area contributed by atoms with E-state index in [-0.39, 0.29) is 0 Å². The molecular formula is C20H28F6N4O5. The molecule has 1 aromatic rings. The number of carboxylic acid groups (broad SMARTS) is 2. The van der Waals surface area contributed by atoms with E-state index in [2.05, 4.69) is 21.1 Å². The molecule has 0 amide bonds. The molecule has 2 N–H and O–H groups in total. The molecule has 2 atom stereocenters. The second-order valence-corrected chi connectivity index (χ2v) is 8.65. The summed E-state index contributed by atoms with van der Waals surface area (Å²) in [4.78, 5) is 23.0. The molecule has 3 heterocycles. The number of halogens is 6. The SMILES string of the molecule is Cn1cc(CN2CCN3CC(OCC4CC4)CC3C2)cn1.O=C(O)C(F)(F)F.O=C(O)C(F)(F)F. The summed E-state index contributed by atoms with van der Waals surface area (Å²) in [7, 11) is 1.99. The average Bonchev–Trinajstić information content (AvgIpc) is 3.34. The van der Waals surface area contributed by atoms with Crippen LogP contribution in [0.5, 0.6) is 0 Å². The lowest BCUT2D eigenvalue weighted by molar-refractivity contribution is -0.193. The first-order valence-corrected chi connectivity index (χ1v) is 10.8. The molecule has 1 aliphatic carbocycles. The normalized spacial score (nSPS) is 22.9. The first-order chi connectivity index (χ1) is 16.1.